The van der Waals surface area contributed by atoms with E-state index >= 15 is 0 Å². The average Bonchev–Trinajstić information content (AvgIpc) is 3.46. The van der Waals surface area contributed by atoms with Crippen LogP contribution in [0.15, 0.2) is 69.8 Å². The number of benzene rings is 2. The third kappa shape index (κ3) is 3.81. The molecule has 0 radical (unpaired) electrons. The van der Waals surface area contributed by atoms with E-state index in [0.717, 1.165) is 11.1 Å². The molecular formula is C21H17N3O5. The van der Waals surface area contributed by atoms with Gasteiger partial charge in [0.2, 0.25) is 5.82 Å². The van der Waals surface area contributed by atoms with Crippen molar-refractivity contribution in [1.29, 1.82) is 0 Å². The highest BCUT2D eigenvalue weighted by molar-refractivity contribution is 6.02. The van der Waals surface area contributed by atoms with Gasteiger partial charge in [-0.1, -0.05) is 5.16 Å². The maximum absolute atomic E-state index is 12.0. The van der Waals surface area contributed by atoms with Gasteiger partial charge in [-0.2, -0.15) is 4.98 Å². The molecule has 0 aliphatic rings. The van der Waals surface area contributed by atoms with Gasteiger partial charge in [0.05, 0.1) is 20.5 Å². The number of hydrogen-bond acceptors (Lipinski definition) is 7. The molecule has 0 unspecified atom stereocenters. The number of carbonyl (C=O) groups is 1. The standard InChI is InChI=1S/C21H17N3O5/c1-26-16-10-7-14(12-18(16)27-2)19-23-21(29-24-19)13-5-8-15(9-6-13)22-20(25)17-4-3-11-28-17/h3-12H,1-2H3,(H,22,25). The van der Waals surface area contributed by atoms with Crippen molar-refractivity contribution in [1.82, 2.24) is 10.1 Å². The number of nitrogens with one attached hydrogen (secondary N) is 1. The third-order valence-corrected chi connectivity index (χ3v) is 4.20. The summed E-state index contributed by atoms with van der Waals surface area (Å²) >= 11 is 0. The second kappa shape index (κ2) is 7.89. The Morgan fingerprint density at radius 1 is 0.966 bits per heavy atom. The molecule has 1 N–H and O–H groups in total. The number of carbonyl (C=O) groups excluding carboxylic acids is 1. The molecule has 0 aliphatic carbocycles. The molecule has 0 fully saturated rings. The summed E-state index contributed by atoms with van der Waals surface area (Å²) in [6, 6.07) is 15.7. The molecule has 2 aromatic heterocycles. The van der Waals surface area contributed by atoms with Crippen LogP contribution in [0.3, 0.4) is 0 Å². The zero-order chi connectivity index (χ0) is 20.2. The lowest BCUT2D eigenvalue weighted by molar-refractivity contribution is 0.0996. The fourth-order valence-corrected chi connectivity index (χ4v) is 2.73. The Kier molecular flexibility index (Phi) is 4.98. The van der Waals surface area contributed by atoms with Crippen LogP contribution in [0.1, 0.15) is 10.6 Å². The predicted molar refractivity (Wildman–Crippen MR) is 105 cm³/mol. The monoisotopic (exact) mass is 391 g/mol. The Bertz CT molecular complexity index is 1120. The molecule has 0 aliphatic heterocycles. The first kappa shape index (κ1) is 18.3. The Labute approximate surface area is 166 Å². The molecule has 2 heterocycles. The summed E-state index contributed by atoms with van der Waals surface area (Å²) in [5, 5.41) is 6.79. The molecule has 29 heavy (non-hydrogen) atoms. The van der Waals surface area contributed by atoms with Crippen LogP contribution >= 0.6 is 0 Å². The fourth-order valence-electron chi connectivity index (χ4n) is 2.73. The van der Waals surface area contributed by atoms with E-state index in [0.29, 0.717) is 28.9 Å². The number of ether oxygens (including phenoxy) is 2. The first-order valence-corrected chi connectivity index (χ1v) is 8.69. The lowest BCUT2D eigenvalue weighted by Gasteiger charge is -2.07. The van der Waals surface area contributed by atoms with E-state index in [1.54, 1.807) is 62.8 Å². The van der Waals surface area contributed by atoms with Gasteiger partial charge in [0.1, 0.15) is 0 Å². The summed E-state index contributed by atoms with van der Waals surface area (Å²) in [6.07, 6.45) is 1.45. The third-order valence-electron chi connectivity index (χ3n) is 4.20. The summed E-state index contributed by atoms with van der Waals surface area (Å²) in [5.74, 6) is 1.90. The number of rotatable bonds is 6. The summed E-state index contributed by atoms with van der Waals surface area (Å²) in [4.78, 5) is 16.5. The second-order valence-corrected chi connectivity index (χ2v) is 6.00. The van der Waals surface area contributed by atoms with Gasteiger partial charge in [0.25, 0.3) is 11.8 Å². The topological polar surface area (TPSA) is 99.6 Å². The highest BCUT2D eigenvalue weighted by Crippen LogP contribution is 2.32. The van der Waals surface area contributed by atoms with Crippen LogP contribution in [-0.2, 0) is 0 Å². The normalized spacial score (nSPS) is 10.6. The molecule has 0 bridgehead atoms. The number of methoxy groups -OCH3 is 2. The first-order chi connectivity index (χ1) is 14.2. The number of anilines is 1. The SMILES string of the molecule is COc1ccc(-c2noc(-c3ccc(NC(=O)c4ccco4)cc3)n2)cc1OC. The largest absolute Gasteiger partial charge is 0.493 e. The minimum absolute atomic E-state index is 0.241. The molecule has 0 atom stereocenters. The lowest BCUT2D eigenvalue weighted by atomic mass is 10.2. The fraction of sp³-hybridized carbons (Fsp3) is 0.0952. The predicted octanol–water partition coefficient (Wildman–Crippen LogP) is 4.27. The quantitative estimate of drug-likeness (QED) is 0.524. The number of furan rings is 1. The smallest absolute Gasteiger partial charge is 0.291 e. The van der Waals surface area contributed by atoms with Crippen molar-refractivity contribution in [3.8, 4) is 34.3 Å². The highest BCUT2D eigenvalue weighted by atomic mass is 16.5. The van der Waals surface area contributed by atoms with E-state index in [1.165, 1.54) is 6.26 Å². The zero-order valence-electron chi connectivity index (χ0n) is 15.7. The second-order valence-electron chi connectivity index (χ2n) is 6.00. The van der Waals surface area contributed by atoms with Crippen LogP contribution < -0.4 is 14.8 Å². The molecular weight excluding hydrogens is 374 g/mol. The van der Waals surface area contributed by atoms with Gasteiger partial charge in [0, 0.05) is 16.8 Å². The van der Waals surface area contributed by atoms with E-state index in [-0.39, 0.29) is 11.7 Å². The first-order valence-electron chi connectivity index (χ1n) is 8.69. The van der Waals surface area contributed by atoms with Crippen molar-refractivity contribution in [2.24, 2.45) is 0 Å². The summed E-state index contributed by atoms with van der Waals surface area (Å²) < 4.78 is 21.0. The molecule has 146 valence electrons. The van der Waals surface area contributed by atoms with Gasteiger partial charge < -0.3 is 23.7 Å². The van der Waals surface area contributed by atoms with E-state index in [1.807, 2.05) is 6.07 Å². The van der Waals surface area contributed by atoms with Crippen LogP contribution in [0.5, 0.6) is 11.5 Å². The van der Waals surface area contributed by atoms with Crippen LogP contribution in [0, 0.1) is 0 Å². The van der Waals surface area contributed by atoms with Gasteiger partial charge in [0.15, 0.2) is 17.3 Å². The lowest BCUT2D eigenvalue weighted by Crippen LogP contribution is -2.10. The Morgan fingerprint density at radius 3 is 2.41 bits per heavy atom. The number of nitrogens with zero attached hydrogens (tertiary/aromatic N) is 2. The van der Waals surface area contributed by atoms with Crippen LogP contribution in [0.2, 0.25) is 0 Å². The van der Waals surface area contributed by atoms with Crippen LogP contribution in [0.25, 0.3) is 22.8 Å². The van der Waals surface area contributed by atoms with Gasteiger partial charge in [-0.25, -0.2) is 0 Å². The van der Waals surface area contributed by atoms with Gasteiger partial charge in [-0.15, -0.1) is 0 Å². The van der Waals surface area contributed by atoms with Gasteiger partial charge >= 0.3 is 0 Å². The minimum Gasteiger partial charge on any atom is -0.493 e. The highest BCUT2D eigenvalue weighted by Gasteiger charge is 2.14. The molecule has 8 heteroatoms. The molecule has 2 aromatic carbocycles. The van der Waals surface area contributed by atoms with Crippen molar-refractivity contribution < 1.29 is 23.2 Å². The van der Waals surface area contributed by atoms with Crippen LogP contribution in [0.4, 0.5) is 5.69 Å². The van der Waals surface area contributed by atoms with Crippen molar-refractivity contribution in [2.45, 2.75) is 0 Å². The van der Waals surface area contributed by atoms with Gasteiger partial charge in [-0.3, -0.25) is 4.79 Å². The maximum Gasteiger partial charge on any atom is 0.291 e. The number of amides is 1. The summed E-state index contributed by atoms with van der Waals surface area (Å²) in [7, 11) is 3.14. The van der Waals surface area contributed by atoms with E-state index in [2.05, 4.69) is 15.5 Å². The minimum atomic E-state index is -0.323. The van der Waals surface area contributed by atoms with Crippen molar-refractivity contribution in [2.75, 3.05) is 19.5 Å². The summed E-state index contributed by atoms with van der Waals surface area (Å²) in [5.41, 5.74) is 2.08. The number of aromatic nitrogens is 2. The molecule has 8 nitrogen and oxygen atoms in total. The van der Waals surface area contributed by atoms with Crippen molar-refractivity contribution in [3.63, 3.8) is 0 Å². The Hall–Kier alpha value is -4.07. The Morgan fingerprint density at radius 2 is 1.72 bits per heavy atom. The van der Waals surface area contributed by atoms with E-state index in [9.17, 15) is 4.79 Å². The van der Waals surface area contributed by atoms with Crippen molar-refractivity contribution >= 4 is 11.6 Å². The molecule has 4 rings (SSSR count). The molecule has 0 spiro atoms. The van der Waals surface area contributed by atoms with Crippen LogP contribution in [-0.4, -0.2) is 30.3 Å². The Balaban J connectivity index is 1.51. The molecule has 4 aromatic rings. The van der Waals surface area contributed by atoms with E-state index in [4.69, 9.17) is 18.4 Å². The summed E-state index contributed by atoms with van der Waals surface area (Å²) in [6.45, 7) is 0. The maximum atomic E-state index is 12.0. The molecule has 0 saturated heterocycles. The number of hydrogen-bond donors (Lipinski definition) is 1. The van der Waals surface area contributed by atoms with Gasteiger partial charge in [-0.05, 0) is 54.6 Å². The molecule has 1 amide bonds. The molecule has 0 saturated carbocycles. The average molecular weight is 391 g/mol. The van der Waals surface area contributed by atoms with Crippen molar-refractivity contribution in [3.05, 3.63) is 66.6 Å². The zero-order valence-corrected chi connectivity index (χ0v) is 15.7. The van der Waals surface area contributed by atoms with E-state index < -0.39 is 0 Å².